The van der Waals surface area contributed by atoms with Gasteiger partial charge in [-0.1, -0.05) is 35.9 Å². The molecule has 6 nitrogen and oxygen atoms in total. The van der Waals surface area contributed by atoms with Crippen molar-refractivity contribution >= 4 is 17.4 Å². The van der Waals surface area contributed by atoms with Crippen LogP contribution in [0, 0.1) is 13.8 Å². The Kier molecular flexibility index (Phi) is 4.76. The Balaban J connectivity index is 1.84. The second-order valence-electron chi connectivity index (χ2n) is 7.06. The first-order valence-corrected chi connectivity index (χ1v) is 9.27. The van der Waals surface area contributed by atoms with Gasteiger partial charge < -0.3 is 14.4 Å². The lowest BCUT2D eigenvalue weighted by Crippen LogP contribution is -2.29. The fourth-order valence-electron chi connectivity index (χ4n) is 3.47. The highest BCUT2D eigenvalue weighted by Crippen LogP contribution is 2.40. The molecular weight excluding hydrogens is 368 g/mol. The predicted molar refractivity (Wildman–Crippen MR) is 107 cm³/mol. The van der Waals surface area contributed by atoms with E-state index in [9.17, 15) is 14.7 Å². The van der Waals surface area contributed by atoms with Crippen LogP contribution in [0.5, 0.6) is 0 Å². The first kappa shape index (κ1) is 18.7. The first-order chi connectivity index (χ1) is 14.0. The third-order valence-corrected chi connectivity index (χ3v) is 4.95. The van der Waals surface area contributed by atoms with Crippen LogP contribution < -0.4 is 0 Å². The van der Waals surface area contributed by atoms with Crippen molar-refractivity contribution in [3.63, 3.8) is 0 Å². The molecule has 1 fully saturated rings. The second-order valence-corrected chi connectivity index (χ2v) is 7.06. The Morgan fingerprint density at radius 2 is 1.83 bits per heavy atom. The van der Waals surface area contributed by atoms with Crippen molar-refractivity contribution in [2.75, 3.05) is 0 Å². The molecule has 1 unspecified atom stereocenters. The van der Waals surface area contributed by atoms with Crippen LogP contribution in [0.3, 0.4) is 0 Å². The number of amides is 1. The van der Waals surface area contributed by atoms with Crippen molar-refractivity contribution in [3.8, 4) is 0 Å². The zero-order valence-corrected chi connectivity index (χ0v) is 16.1. The van der Waals surface area contributed by atoms with E-state index in [-0.39, 0.29) is 17.9 Å². The van der Waals surface area contributed by atoms with Gasteiger partial charge in [0.25, 0.3) is 11.7 Å². The molecule has 3 aromatic rings. The molecule has 146 valence electrons. The average Bonchev–Trinajstić information content (AvgIpc) is 3.25. The van der Waals surface area contributed by atoms with Crippen molar-refractivity contribution in [2.24, 2.45) is 0 Å². The molecule has 0 radical (unpaired) electrons. The van der Waals surface area contributed by atoms with Crippen molar-refractivity contribution in [3.05, 3.63) is 94.7 Å². The molecule has 0 spiro atoms. The van der Waals surface area contributed by atoms with E-state index in [1.807, 2.05) is 25.1 Å². The Bertz CT molecular complexity index is 1100. The van der Waals surface area contributed by atoms with Crippen LogP contribution in [-0.4, -0.2) is 26.7 Å². The Labute approximate surface area is 168 Å². The molecule has 3 heterocycles. The summed E-state index contributed by atoms with van der Waals surface area (Å²) in [5, 5.41) is 10.9. The van der Waals surface area contributed by atoms with Gasteiger partial charge >= 0.3 is 0 Å². The zero-order valence-electron chi connectivity index (χ0n) is 16.1. The van der Waals surface area contributed by atoms with Crippen LogP contribution in [-0.2, 0) is 16.1 Å². The highest BCUT2D eigenvalue weighted by molar-refractivity contribution is 6.46. The van der Waals surface area contributed by atoms with Gasteiger partial charge in [0, 0.05) is 11.8 Å². The molecule has 0 aliphatic carbocycles. The fourth-order valence-corrected chi connectivity index (χ4v) is 3.47. The van der Waals surface area contributed by atoms with Gasteiger partial charge in [-0.05, 0) is 38.1 Å². The normalized spacial score (nSPS) is 18.4. The quantitative estimate of drug-likeness (QED) is 0.416. The van der Waals surface area contributed by atoms with Crippen molar-refractivity contribution < 1.29 is 19.1 Å². The summed E-state index contributed by atoms with van der Waals surface area (Å²) in [7, 11) is 0. The lowest BCUT2D eigenvalue weighted by Gasteiger charge is -2.23. The maximum Gasteiger partial charge on any atom is 0.296 e. The van der Waals surface area contributed by atoms with Gasteiger partial charge in [0.15, 0.2) is 0 Å². The molecule has 6 heteroatoms. The molecule has 0 bridgehead atoms. The molecule has 1 aromatic carbocycles. The lowest BCUT2D eigenvalue weighted by molar-refractivity contribution is -0.140. The number of aryl methyl sites for hydroxylation is 2. The fraction of sp³-hybridized carbons (Fsp3) is 0.174. The third kappa shape index (κ3) is 3.45. The summed E-state index contributed by atoms with van der Waals surface area (Å²) < 4.78 is 5.76. The molecule has 1 aliphatic rings. The molecule has 1 N–H and O–H groups in total. The number of hydrogen-bond donors (Lipinski definition) is 1. The molecule has 0 saturated carbocycles. The number of carbonyl (C=O) groups is 2. The van der Waals surface area contributed by atoms with E-state index >= 15 is 0 Å². The maximum absolute atomic E-state index is 12.9. The number of nitrogens with zero attached hydrogens (tertiary/aromatic N) is 2. The highest BCUT2D eigenvalue weighted by atomic mass is 16.3. The summed E-state index contributed by atoms with van der Waals surface area (Å²) in [5.41, 5.74) is 2.15. The van der Waals surface area contributed by atoms with E-state index in [1.165, 1.54) is 4.90 Å². The van der Waals surface area contributed by atoms with Gasteiger partial charge in [0.05, 0.1) is 17.8 Å². The number of aromatic nitrogens is 1. The zero-order chi connectivity index (χ0) is 20.5. The van der Waals surface area contributed by atoms with Gasteiger partial charge in [0.1, 0.15) is 23.3 Å². The number of Topliss-reactive ketones (excluding diaryl/α,β-unsaturated/α-hetero) is 1. The molecule has 4 rings (SSSR count). The van der Waals surface area contributed by atoms with E-state index < -0.39 is 17.7 Å². The number of carbonyl (C=O) groups excluding carboxylic acids is 2. The number of aliphatic hydroxyl groups excluding tert-OH is 1. The van der Waals surface area contributed by atoms with Crippen LogP contribution in [0.25, 0.3) is 5.76 Å². The second kappa shape index (κ2) is 7.39. The molecule has 2 aromatic heterocycles. The Hall–Kier alpha value is -3.67. The van der Waals surface area contributed by atoms with E-state index in [0.717, 1.165) is 5.56 Å². The van der Waals surface area contributed by atoms with Gasteiger partial charge in [-0.25, -0.2) is 0 Å². The largest absolute Gasteiger partial charge is 0.507 e. The van der Waals surface area contributed by atoms with Crippen LogP contribution in [0.2, 0.25) is 0 Å². The Morgan fingerprint density at radius 1 is 1.07 bits per heavy atom. The smallest absolute Gasteiger partial charge is 0.296 e. The predicted octanol–water partition coefficient (Wildman–Crippen LogP) is 3.91. The molecule has 1 saturated heterocycles. The summed E-state index contributed by atoms with van der Waals surface area (Å²) in [6.45, 7) is 3.84. The monoisotopic (exact) mass is 388 g/mol. The number of hydrogen-bond acceptors (Lipinski definition) is 5. The first-order valence-electron chi connectivity index (χ1n) is 9.27. The van der Waals surface area contributed by atoms with Gasteiger partial charge in [-0.3, -0.25) is 14.6 Å². The van der Waals surface area contributed by atoms with E-state index in [4.69, 9.17) is 4.42 Å². The van der Waals surface area contributed by atoms with Crippen LogP contribution in [0.1, 0.15) is 34.4 Å². The van der Waals surface area contributed by atoms with E-state index in [0.29, 0.717) is 22.8 Å². The van der Waals surface area contributed by atoms with Gasteiger partial charge in [-0.2, -0.15) is 0 Å². The number of rotatable bonds is 4. The summed E-state index contributed by atoms with van der Waals surface area (Å²) in [6.07, 6.45) is 1.63. The van der Waals surface area contributed by atoms with E-state index in [1.54, 1.807) is 49.5 Å². The topological polar surface area (TPSA) is 83.6 Å². The summed E-state index contributed by atoms with van der Waals surface area (Å²) in [5.74, 6) is -0.572. The summed E-state index contributed by atoms with van der Waals surface area (Å²) in [4.78, 5) is 31.4. The average molecular weight is 388 g/mol. The summed E-state index contributed by atoms with van der Waals surface area (Å²) >= 11 is 0. The van der Waals surface area contributed by atoms with Gasteiger partial charge in [-0.15, -0.1) is 0 Å². The third-order valence-electron chi connectivity index (χ3n) is 4.95. The van der Waals surface area contributed by atoms with Crippen molar-refractivity contribution in [1.29, 1.82) is 0 Å². The van der Waals surface area contributed by atoms with Crippen molar-refractivity contribution in [1.82, 2.24) is 9.88 Å². The van der Waals surface area contributed by atoms with Crippen LogP contribution >= 0.6 is 0 Å². The number of benzene rings is 1. The lowest BCUT2D eigenvalue weighted by atomic mass is 9.99. The number of furan rings is 1. The number of pyridine rings is 1. The van der Waals surface area contributed by atoms with Crippen LogP contribution in [0.15, 0.2) is 70.8 Å². The summed E-state index contributed by atoms with van der Waals surface area (Å²) in [6, 6.07) is 15.2. The van der Waals surface area contributed by atoms with Gasteiger partial charge in [0.2, 0.25) is 0 Å². The number of aliphatic hydroxyl groups is 1. The number of likely N-dealkylation sites (tertiary alicyclic amines) is 1. The van der Waals surface area contributed by atoms with E-state index in [2.05, 4.69) is 4.98 Å². The maximum atomic E-state index is 12.9. The van der Waals surface area contributed by atoms with Crippen LogP contribution in [0.4, 0.5) is 0 Å². The molecule has 29 heavy (non-hydrogen) atoms. The standard InChI is InChI=1S/C23H20N2O4/c1-14-6-9-16(10-7-14)21(26)19-20(18-11-8-15(2)29-18)25(23(28)22(19)27)13-17-5-3-4-12-24-17/h3-12,20,26H,13H2,1-2H3/b21-19-. The molecule has 1 aliphatic heterocycles. The minimum atomic E-state index is -0.827. The Morgan fingerprint density at radius 3 is 2.45 bits per heavy atom. The minimum absolute atomic E-state index is 0.0177. The number of ketones is 1. The van der Waals surface area contributed by atoms with Crippen molar-refractivity contribution in [2.45, 2.75) is 26.4 Å². The molecular formula is C23H20N2O4. The SMILES string of the molecule is Cc1ccc(/C(O)=C2/C(=O)C(=O)N(Cc3ccccn3)C2c2ccc(C)o2)cc1. The minimum Gasteiger partial charge on any atom is -0.507 e. The molecule has 1 atom stereocenters. The highest BCUT2D eigenvalue weighted by Gasteiger charge is 2.47. The molecule has 1 amide bonds.